The van der Waals surface area contributed by atoms with E-state index in [9.17, 15) is 4.79 Å². The van der Waals surface area contributed by atoms with Crippen LogP contribution >= 0.6 is 23.4 Å². The third-order valence-electron chi connectivity index (χ3n) is 4.50. The van der Waals surface area contributed by atoms with Crippen molar-refractivity contribution in [1.82, 2.24) is 14.8 Å². The maximum absolute atomic E-state index is 12.4. The first-order valence-corrected chi connectivity index (χ1v) is 11.2. The molecule has 0 fully saturated rings. The number of ether oxygens (including phenoxy) is 2. The van der Waals surface area contributed by atoms with Crippen LogP contribution in [0.1, 0.15) is 31.3 Å². The van der Waals surface area contributed by atoms with Gasteiger partial charge in [0.2, 0.25) is 5.91 Å². The van der Waals surface area contributed by atoms with Gasteiger partial charge >= 0.3 is 0 Å². The molecule has 0 aliphatic heterocycles. The van der Waals surface area contributed by atoms with Gasteiger partial charge in [-0.1, -0.05) is 35.5 Å². The van der Waals surface area contributed by atoms with E-state index >= 15 is 0 Å². The first-order chi connectivity index (χ1) is 14.9. The molecule has 1 unspecified atom stereocenters. The van der Waals surface area contributed by atoms with Gasteiger partial charge in [-0.15, -0.1) is 10.2 Å². The third kappa shape index (κ3) is 5.92. The molecule has 2 aromatic carbocycles. The van der Waals surface area contributed by atoms with Crippen LogP contribution in [0.2, 0.25) is 5.02 Å². The number of benzene rings is 2. The van der Waals surface area contributed by atoms with Gasteiger partial charge in [0.25, 0.3) is 0 Å². The topological polar surface area (TPSA) is 78.3 Å². The van der Waals surface area contributed by atoms with E-state index in [1.165, 1.54) is 11.8 Å². The van der Waals surface area contributed by atoms with Gasteiger partial charge < -0.3 is 19.4 Å². The molecule has 3 rings (SSSR count). The van der Waals surface area contributed by atoms with Crippen LogP contribution in [0.4, 0.5) is 5.69 Å². The highest BCUT2D eigenvalue weighted by molar-refractivity contribution is 7.99. The number of carbonyl (C=O) groups excluding carboxylic acids is 1. The van der Waals surface area contributed by atoms with E-state index < -0.39 is 0 Å². The number of carbonyl (C=O) groups is 1. The van der Waals surface area contributed by atoms with Crippen molar-refractivity contribution in [3.05, 3.63) is 58.9 Å². The predicted molar refractivity (Wildman–Crippen MR) is 123 cm³/mol. The summed E-state index contributed by atoms with van der Waals surface area (Å²) >= 11 is 7.58. The van der Waals surface area contributed by atoms with E-state index in [0.717, 1.165) is 5.56 Å². The number of hydrogen-bond donors (Lipinski definition) is 1. The number of aromatic nitrogens is 3. The molecule has 1 heterocycles. The maximum Gasteiger partial charge on any atom is 0.234 e. The van der Waals surface area contributed by atoms with Crippen LogP contribution in [0.5, 0.6) is 11.5 Å². The normalized spacial score (nSPS) is 11.8. The second-order valence-electron chi connectivity index (χ2n) is 6.85. The summed E-state index contributed by atoms with van der Waals surface area (Å²) < 4.78 is 13.2. The van der Waals surface area contributed by atoms with Gasteiger partial charge in [0, 0.05) is 18.3 Å². The Balaban J connectivity index is 1.65. The van der Waals surface area contributed by atoms with Crippen LogP contribution in [-0.2, 0) is 11.3 Å². The zero-order valence-electron chi connectivity index (χ0n) is 17.9. The molecule has 0 saturated heterocycles. The summed E-state index contributed by atoms with van der Waals surface area (Å²) in [5.41, 5.74) is 1.74. The molecule has 1 amide bonds. The van der Waals surface area contributed by atoms with E-state index in [1.54, 1.807) is 13.2 Å². The van der Waals surface area contributed by atoms with Crippen LogP contribution in [0, 0.1) is 6.92 Å². The third-order valence-corrected chi connectivity index (χ3v) is 5.78. The molecule has 3 aromatic rings. The summed E-state index contributed by atoms with van der Waals surface area (Å²) in [6, 6.07) is 12.9. The van der Waals surface area contributed by atoms with Crippen LogP contribution in [0.15, 0.2) is 47.6 Å². The number of halogens is 1. The number of nitrogens with zero attached hydrogens (tertiary/aromatic N) is 3. The van der Waals surface area contributed by atoms with E-state index in [0.29, 0.717) is 39.7 Å². The quantitative estimate of drug-likeness (QED) is 0.445. The predicted octanol–water partition coefficient (Wildman–Crippen LogP) is 5.14. The average Bonchev–Trinajstić information content (AvgIpc) is 3.18. The monoisotopic (exact) mass is 460 g/mol. The Kier molecular flexibility index (Phi) is 7.81. The lowest BCUT2D eigenvalue weighted by molar-refractivity contribution is -0.113. The number of hydrogen-bond acceptors (Lipinski definition) is 6. The first kappa shape index (κ1) is 23.0. The van der Waals surface area contributed by atoms with Crippen LogP contribution in [0.3, 0.4) is 0 Å². The highest BCUT2D eigenvalue weighted by Crippen LogP contribution is 2.30. The fourth-order valence-electron chi connectivity index (χ4n) is 2.98. The second-order valence-corrected chi connectivity index (χ2v) is 8.20. The molecule has 31 heavy (non-hydrogen) atoms. The molecule has 0 aliphatic rings. The Bertz CT molecular complexity index is 1060. The lowest BCUT2D eigenvalue weighted by atomic mass is 10.2. The minimum atomic E-state index is -0.355. The summed E-state index contributed by atoms with van der Waals surface area (Å²) in [6.45, 7) is 6.53. The molecule has 7 nitrogen and oxygen atoms in total. The van der Waals surface area contributed by atoms with Crippen LogP contribution in [0.25, 0.3) is 0 Å². The minimum absolute atomic E-state index is 0.138. The van der Waals surface area contributed by atoms with Crippen molar-refractivity contribution >= 4 is 35.0 Å². The van der Waals surface area contributed by atoms with Gasteiger partial charge in [0.1, 0.15) is 11.5 Å². The summed E-state index contributed by atoms with van der Waals surface area (Å²) in [7, 11) is 1.59. The fraction of sp³-hybridized carbons (Fsp3) is 0.318. The van der Waals surface area contributed by atoms with Crippen LogP contribution in [-0.4, -0.2) is 33.5 Å². The number of methoxy groups -OCH3 is 1. The van der Waals surface area contributed by atoms with E-state index in [-0.39, 0.29) is 17.8 Å². The Morgan fingerprint density at radius 3 is 2.81 bits per heavy atom. The van der Waals surface area contributed by atoms with Gasteiger partial charge in [-0.3, -0.25) is 4.79 Å². The number of aryl methyl sites for hydroxylation is 1. The largest absolute Gasteiger partial charge is 0.497 e. The van der Waals surface area contributed by atoms with Crippen molar-refractivity contribution in [2.75, 3.05) is 18.2 Å². The summed E-state index contributed by atoms with van der Waals surface area (Å²) in [5, 5.41) is 12.6. The standard InChI is InChI=1S/C22H25ClN4O3S/c1-5-27-21(15(3)30-19-11-14(2)9-10-18(19)23)25-26-22(27)31-13-20(28)24-16-7-6-8-17(12-16)29-4/h6-12,15H,5,13H2,1-4H3,(H,24,28). The molecule has 164 valence electrons. The fourth-order valence-corrected chi connectivity index (χ4v) is 3.95. The van der Waals surface area contributed by atoms with E-state index in [4.69, 9.17) is 21.1 Å². The molecule has 0 spiro atoms. The highest BCUT2D eigenvalue weighted by Gasteiger charge is 2.20. The second kappa shape index (κ2) is 10.5. The average molecular weight is 461 g/mol. The lowest BCUT2D eigenvalue weighted by Gasteiger charge is -2.16. The minimum Gasteiger partial charge on any atom is -0.497 e. The van der Waals surface area contributed by atoms with E-state index in [1.807, 2.05) is 61.7 Å². The van der Waals surface area contributed by atoms with Crippen molar-refractivity contribution in [2.24, 2.45) is 0 Å². The number of anilines is 1. The van der Waals surface area contributed by atoms with Gasteiger partial charge in [-0.05, 0) is 50.6 Å². The number of nitrogens with one attached hydrogen (secondary N) is 1. The molecule has 1 N–H and O–H groups in total. The molecule has 0 saturated carbocycles. The molecule has 0 aliphatic carbocycles. The molecule has 1 aromatic heterocycles. The van der Waals surface area contributed by atoms with Crippen molar-refractivity contribution in [2.45, 2.75) is 38.6 Å². The maximum atomic E-state index is 12.4. The zero-order valence-corrected chi connectivity index (χ0v) is 19.5. The summed E-state index contributed by atoms with van der Waals surface area (Å²) in [5.74, 6) is 2.03. The molecule has 9 heteroatoms. The first-order valence-electron chi connectivity index (χ1n) is 9.83. The Morgan fingerprint density at radius 2 is 2.06 bits per heavy atom. The van der Waals surface area contributed by atoms with Gasteiger partial charge in [-0.2, -0.15) is 0 Å². The van der Waals surface area contributed by atoms with E-state index in [2.05, 4.69) is 15.5 Å². The van der Waals surface area contributed by atoms with Gasteiger partial charge in [-0.25, -0.2) is 0 Å². The zero-order chi connectivity index (χ0) is 22.4. The van der Waals surface area contributed by atoms with Crippen LogP contribution < -0.4 is 14.8 Å². The molecule has 0 bridgehead atoms. The Morgan fingerprint density at radius 1 is 1.26 bits per heavy atom. The van der Waals surface area contributed by atoms with Gasteiger partial charge in [0.15, 0.2) is 17.1 Å². The molecule has 0 radical (unpaired) electrons. The van der Waals surface area contributed by atoms with Gasteiger partial charge in [0.05, 0.1) is 17.9 Å². The smallest absolute Gasteiger partial charge is 0.234 e. The summed E-state index contributed by atoms with van der Waals surface area (Å²) in [6.07, 6.45) is -0.355. The number of thioether (sulfide) groups is 1. The molecular weight excluding hydrogens is 436 g/mol. The van der Waals surface area contributed by atoms with Crippen molar-refractivity contribution in [1.29, 1.82) is 0 Å². The van der Waals surface area contributed by atoms with Crippen molar-refractivity contribution in [3.63, 3.8) is 0 Å². The Labute approximate surface area is 191 Å². The Hall–Kier alpha value is -2.71. The SMILES string of the molecule is CCn1c(SCC(=O)Nc2cccc(OC)c2)nnc1C(C)Oc1cc(C)ccc1Cl. The van der Waals surface area contributed by atoms with Crippen molar-refractivity contribution < 1.29 is 14.3 Å². The number of rotatable bonds is 9. The molecular formula is C22H25ClN4O3S. The summed E-state index contributed by atoms with van der Waals surface area (Å²) in [4.78, 5) is 12.4. The lowest BCUT2D eigenvalue weighted by Crippen LogP contribution is -2.15. The highest BCUT2D eigenvalue weighted by atomic mass is 35.5. The van der Waals surface area contributed by atoms with Crippen molar-refractivity contribution in [3.8, 4) is 11.5 Å². The number of amides is 1. The molecule has 1 atom stereocenters.